The minimum atomic E-state index is -0.0172. The predicted molar refractivity (Wildman–Crippen MR) is 62.2 cm³/mol. The molecule has 0 fully saturated rings. The molecule has 3 N–H and O–H groups in total. The molecule has 2 nitrogen and oxygen atoms in total. The fourth-order valence-electron chi connectivity index (χ4n) is 1.45. The molecule has 1 aromatic rings. The zero-order chi connectivity index (χ0) is 10.7. The number of phenols is 1. The van der Waals surface area contributed by atoms with E-state index >= 15 is 0 Å². The monoisotopic (exact) mass is 257 g/mol. The summed E-state index contributed by atoms with van der Waals surface area (Å²) in [6, 6.07) is 5.17. The molecule has 0 bridgehead atoms. The average Bonchev–Trinajstić information content (AvgIpc) is 2.08. The highest BCUT2D eigenvalue weighted by Crippen LogP contribution is 2.29. The van der Waals surface area contributed by atoms with Gasteiger partial charge in [0.2, 0.25) is 0 Å². The molecule has 1 rings (SSSR count). The molecule has 0 aliphatic carbocycles. The van der Waals surface area contributed by atoms with Crippen molar-refractivity contribution in [3.05, 3.63) is 28.2 Å². The number of hydrogen-bond donors (Lipinski definition) is 2. The van der Waals surface area contributed by atoms with Crippen LogP contribution in [0.25, 0.3) is 0 Å². The molecule has 1 aromatic carbocycles. The van der Waals surface area contributed by atoms with Crippen LogP contribution >= 0.6 is 15.9 Å². The molecule has 0 aliphatic rings. The Morgan fingerprint density at radius 2 is 2.07 bits per heavy atom. The van der Waals surface area contributed by atoms with Gasteiger partial charge in [0.05, 0.1) is 0 Å². The van der Waals surface area contributed by atoms with Crippen LogP contribution in [-0.2, 0) is 0 Å². The molecule has 14 heavy (non-hydrogen) atoms. The van der Waals surface area contributed by atoms with Crippen molar-refractivity contribution in [2.75, 3.05) is 0 Å². The second-order valence-corrected chi connectivity index (χ2v) is 4.80. The molecule has 1 atom stereocenters. The summed E-state index contributed by atoms with van der Waals surface area (Å²) in [6.45, 7) is 4.27. The van der Waals surface area contributed by atoms with Crippen molar-refractivity contribution in [2.45, 2.75) is 26.3 Å². The molecule has 0 saturated carbocycles. The van der Waals surface area contributed by atoms with Crippen molar-refractivity contribution in [1.82, 2.24) is 0 Å². The highest BCUT2D eigenvalue weighted by atomic mass is 79.9. The maximum absolute atomic E-state index is 9.34. The van der Waals surface area contributed by atoms with Gasteiger partial charge in [-0.3, -0.25) is 0 Å². The fourth-order valence-corrected chi connectivity index (χ4v) is 1.99. The van der Waals surface area contributed by atoms with Crippen LogP contribution in [0.4, 0.5) is 0 Å². The summed E-state index contributed by atoms with van der Waals surface area (Å²) >= 11 is 3.43. The summed E-state index contributed by atoms with van der Waals surface area (Å²) < 4.78 is 0.962. The van der Waals surface area contributed by atoms with Gasteiger partial charge in [0, 0.05) is 10.5 Å². The van der Waals surface area contributed by atoms with E-state index in [4.69, 9.17) is 5.73 Å². The van der Waals surface area contributed by atoms with E-state index in [-0.39, 0.29) is 11.8 Å². The van der Waals surface area contributed by atoms with Gasteiger partial charge in [0.25, 0.3) is 0 Å². The van der Waals surface area contributed by atoms with E-state index in [1.54, 1.807) is 12.1 Å². The third-order valence-corrected chi connectivity index (χ3v) is 2.83. The van der Waals surface area contributed by atoms with Crippen molar-refractivity contribution in [1.29, 1.82) is 0 Å². The first-order chi connectivity index (χ1) is 6.50. The number of rotatable bonds is 3. The van der Waals surface area contributed by atoms with Crippen molar-refractivity contribution in [3.8, 4) is 5.75 Å². The van der Waals surface area contributed by atoms with Crippen LogP contribution < -0.4 is 5.73 Å². The Morgan fingerprint density at radius 1 is 1.43 bits per heavy atom. The van der Waals surface area contributed by atoms with Crippen LogP contribution in [0.2, 0.25) is 0 Å². The minimum Gasteiger partial charge on any atom is -0.508 e. The van der Waals surface area contributed by atoms with E-state index in [1.807, 2.05) is 6.07 Å². The zero-order valence-corrected chi connectivity index (χ0v) is 10.1. The Bertz CT molecular complexity index is 312. The van der Waals surface area contributed by atoms with Crippen LogP contribution in [0.5, 0.6) is 5.75 Å². The Kier molecular flexibility index (Phi) is 3.96. The SMILES string of the molecule is CC(C)C[C@H](N)c1cc(O)ccc1Br. The van der Waals surface area contributed by atoms with Crippen LogP contribution in [0.3, 0.4) is 0 Å². The molecular formula is C11H16BrNO. The number of benzene rings is 1. The van der Waals surface area contributed by atoms with E-state index in [0.717, 1.165) is 16.5 Å². The van der Waals surface area contributed by atoms with Gasteiger partial charge in [-0.1, -0.05) is 29.8 Å². The summed E-state index contributed by atoms with van der Waals surface area (Å²) in [5.74, 6) is 0.821. The summed E-state index contributed by atoms with van der Waals surface area (Å²) in [5, 5.41) is 9.34. The molecular weight excluding hydrogens is 242 g/mol. The van der Waals surface area contributed by atoms with E-state index in [1.165, 1.54) is 0 Å². The lowest BCUT2D eigenvalue weighted by molar-refractivity contribution is 0.469. The number of halogens is 1. The van der Waals surface area contributed by atoms with Gasteiger partial charge in [0.15, 0.2) is 0 Å². The standard InChI is InChI=1S/C11H16BrNO/c1-7(2)5-11(13)9-6-8(14)3-4-10(9)12/h3-4,6-7,11,14H,5,13H2,1-2H3/t11-/m0/s1. The first-order valence-electron chi connectivity index (χ1n) is 4.74. The van der Waals surface area contributed by atoms with Gasteiger partial charge >= 0.3 is 0 Å². The maximum Gasteiger partial charge on any atom is 0.115 e. The first-order valence-corrected chi connectivity index (χ1v) is 5.54. The summed E-state index contributed by atoms with van der Waals surface area (Å²) in [5.41, 5.74) is 7.00. The van der Waals surface area contributed by atoms with Gasteiger partial charge in [0.1, 0.15) is 5.75 Å². The Morgan fingerprint density at radius 3 is 2.64 bits per heavy atom. The van der Waals surface area contributed by atoms with Crippen LogP contribution in [0, 0.1) is 5.92 Å². The molecule has 0 aromatic heterocycles. The van der Waals surface area contributed by atoms with Gasteiger partial charge in [-0.05, 0) is 36.1 Å². The quantitative estimate of drug-likeness (QED) is 0.874. The van der Waals surface area contributed by atoms with Crippen molar-refractivity contribution in [3.63, 3.8) is 0 Å². The topological polar surface area (TPSA) is 46.2 Å². The van der Waals surface area contributed by atoms with E-state index < -0.39 is 0 Å². The highest BCUT2D eigenvalue weighted by molar-refractivity contribution is 9.10. The Hall–Kier alpha value is -0.540. The molecule has 3 heteroatoms. The summed E-state index contributed by atoms with van der Waals surface area (Å²) in [6.07, 6.45) is 0.919. The predicted octanol–water partition coefficient (Wildman–Crippen LogP) is 3.20. The molecule has 0 aliphatic heterocycles. The number of nitrogens with two attached hydrogens (primary N) is 1. The molecule has 0 spiro atoms. The van der Waals surface area contributed by atoms with Gasteiger partial charge in [-0.25, -0.2) is 0 Å². The second kappa shape index (κ2) is 4.80. The largest absolute Gasteiger partial charge is 0.508 e. The summed E-state index contributed by atoms with van der Waals surface area (Å²) in [7, 11) is 0. The van der Waals surface area contributed by atoms with Gasteiger partial charge in [-0.15, -0.1) is 0 Å². The van der Waals surface area contributed by atoms with E-state index in [2.05, 4.69) is 29.8 Å². The lowest BCUT2D eigenvalue weighted by Gasteiger charge is -2.16. The lowest BCUT2D eigenvalue weighted by atomic mass is 9.98. The van der Waals surface area contributed by atoms with Crippen LogP contribution in [0.1, 0.15) is 31.9 Å². The summed E-state index contributed by atoms with van der Waals surface area (Å²) in [4.78, 5) is 0. The Balaban J connectivity index is 2.88. The minimum absolute atomic E-state index is 0.0172. The fraction of sp³-hybridized carbons (Fsp3) is 0.455. The molecule has 0 saturated heterocycles. The lowest BCUT2D eigenvalue weighted by Crippen LogP contribution is -2.13. The smallest absolute Gasteiger partial charge is 0.115 e. The molecule has 0 unspecified atom stereocenters. The van der Waals surface area contributed by atoms with Crippen molar-refractivity contribution < 1.29 is 5.11 Å². The van der Waals surface area contributed by atoms with E-state index in [0.29, 0.717) is 5.92 Å². The Labute approximate surface area is 93.3 Å². The van der Waals surface area contributed by atoms with Crippen LogP contribution in [-0.4, -0.2) is 5.11 Å². The molecule has 0 radical (unpaired) electrons. The number of phenolic OH excluding ortho intramolecular Hbond substituents is 1. The third-order valence-electron chi connectivity index (χ3n) is 2.10. The zero-order valence-electron chi connectivity index (χ0n) is 8.50. The molecule has 0 amide bonds. The van der Waals surface area contributed by atoms with Gasteiger partial charge in [-0.2, -0.15) is 0 Å². The number of aromatic hydroxyl groups is 1. The maximum atomic E-state index is 9.34. The third kappa shape index (κ3) is 3.00. The number of hydrogen-bond acceptors (Lipinski definition) is 2. The average molecular weight is 258 g/mol. The van der Waals surface area contributed by atoms with Crippen molar-refractivity contribution >= 4 is 15.9 Å². The van der Waals surface area contributed by atoms with Crippen molar-refractivity contribution in [2.24, 2.45) is 11.7 Å². The van der Waals surface area contributed by atoms with E-state index in [9.17, 15) is 5.11 Å². The first kappa shape index (κ1) is 11.5. The van der Waals surface area contributed by atoms with Gasteiger partial charge < -0.3 is 10.8 Å². The van der Waals surface area contributed by atoms with Crippen LogP contribution in [0.15, 0.2) is 22.7 Å². The molecule has 78 valence electrons. The second-order valence-electron chi connectivity index (χ2n) is 3.94. The normalized spacial score (nSPS) is 13.2. The highest BCUT2D eigenvalue weighted by Gasteiger charge is 2.12. The molecule has 0 heterocycles.